The van der Waals surface area contributed by atoms with Gasteiger partial charge in [-0.05, 0) is 67.1 Å². The fraction of sp³-hybridized carbons (Fsp3) is 0.375. The van der Waals surface area contributed by atoms with Gasteiger partial charge in [-0.2, -0.15) is 0 Å². The van der Waals surface area contributed by atoms with Crippen LogP contribution in [-0.4, -0.2) is 80.3 Å². The first-order valence-corrected chi connectivity index (χ1v) is 16.2. The lowest BCUT2D eigenvalue weighted by Gasteiger charge is -2.38. The summed E-state index contributed by atoms with van der Waals surface area (Å²) in [4.78, 5) is 28.7. The maximum atomic E-state index is 13.2. The first-order valence-electron chi connectivity index (χ1n) is 14.4. The summed E-state index contributed by atoms with van der Waals surface area (Å²) in [6.07, 6.45) is 1.49. The van der Waals surface area contributed by atoms with Crippen LogP contribution in [0.4, 0.5) is 4.79 Å². The Kier molecular flexibility index (Phi) is 11.6. The number of primary amides is 1. The standard InChI is InChI=1S/C32H39ClN4O5S/c1-35(43(40,41)30-13-6-3-7-14-30)22-27(26-11-8-12-28(33)21-26)15-18-36-19-16-29(17-20-36)37(23-31(34)38)32(39)42-24-25-9-4-2-5-10-25/h2-14,21,27,29H,15-20,22-24H2,1H3,(H2,34,38)/t27-/m1/s1. The first-order chi connectivity index (χ1) is 20.6. The second kappa shape index (κ2) is 15.3. The highest BCUT2D eigenvalue weighted by Crippen LogP contribution is 2.27. The average molecular weight is 627 g/mol. The van der Waals surface area contributed by atoms with Gasteiger partial charge in [-0.15, -0.1) is 0 Å². The van der Waals surface area contributed by atoms with Crippen LogP contribution >= 0.6 is 11.6 Å². The molecule has 11 heteroatoms. The quantitative estimate of drug-likeness (QED) is 0.294. The Hall–Kier alpha value is -3.44. The maximum absolute atomic E-state index is 13.2. The van der Waals surface area contributed by atoms with E-state index in [9.17, 15) is 18.0 Å². The van der Waals surface area contributed by atoms with E-state index >= 15 is 0 Å². The molecule has 0 spiro atoms. The highest BCUT2D eigenvalue weighted by Gasteiger charge is 2.31. The number of amides is 2. The Morgan fingerprint density at radius 1 is 1.00 bits per heavy atom. The van der Waals surface area contributed by atoms with Gasteiger partial charge in [0.1, 0.15) is 13.2 Å². The van der Waals surface area contributed by atoms with Crippen molar-refractivity contribution < 1.29 is 22.7 Å². The summed E-state index contributed by atoms with van der Waals surface area (Å²) < 4.78 is 33.4. The normalized spacial score (nSPS) is 15.2. The summed E-state index contributed by atoms with van der Waals surface area (Å²) in [7, 11) is -2.05. The molecule has 0 bridgehead atoms. The Bertz CT molecular complexity index is 1450. The van der Waals surface area contributed by atoms with E-state index in [1.807, 2.05) is 48.5 Å². The molecule has 0 radical (unpaired) electrons. The molecule has 230 valence electrons. The Labute approximate surface area is 259 Å². The first kappa shape index (κ1) is 32.5. The molecular formula is C32H39ClN4O5S. The number of halogens is 1. The highest BCUT2D eigenvalue weighted by molar-refractivity contribution is 7.89. The van der Waals surface area contributed by atoms with Gasteiger partial charge in [0.15, 0.2) is 0 Å². The minimum atomic E-state index is -3.65. The van der Waals surface area contributed by atoms with Crippen molar-refractivity contribution in [3.63, 3.8) is 0 Å². The number of piperidine rings is 1. The summed E-state index contributed by atoms with van der Waals surface area (Å²) in [5.74, 6) is -0.669. The van der Waals surface area contributed by atoms with E-state index in [1.165, 1.54) is 9.21 Å². The van der Waals surface area contributed by atoms with Crippen LogP contribution in [0, 0.1) is 0 Å². The number of carbonyl (C=O) groups excluding carboxylic acids is 2. The zero-order chi connectivity index (χ0) is 30.8. The van der Waals surface area contributed by atoms with Crippen molar-refractivity contribution >= 4 is 33.6 Å². The molecule has 1 fully saturated rings. The third kappa shape index (κ3) is 9.27. The number of ether oxygens (including phenoxy) is 1. The molecule has 1 saturated heterocycles. The number of likely N-dealkylation sites (tertiary alicyclic amines) is 1. The molecule has 2 N–H and O–H groups in total. The summed E-state index contributed by atoms with van der Waals surface area (Å²) in [6, 6.07) is 25.2. The van der Waals surface area contributed by atoms with Gasteiger partial charge in [0.2, 0.25) is 15.9 Å². The molecule has 43 heavy (non-hydrogen) atoms. The molecule has 0 aliphatic carbocycles. The van der Waals surface area contributed by atoms with Gasteiger partial charge in [-0.3, -0.25) is 9.69 Å². The monoisotopic (exact) mass is 626 g/mol. The van der Waals surface area contributed by atoms with Crippen molar-refractivity contribution in [1.29, 1.82) is 0 Å². The molecule has 3 aromatic carbocycles. The maximum Gasteiger partial charge on any atom is 0.410 e. The molecule has 2 amide bonds. The number of likely N-dealkylation sites (N-methyl/N-ethyl adjacent to an activating group) is 1. The van der Waals surface area contributed by atoms with Crippen molar-refractivity contribution in [3.05, 3.63) is 101 Å². The highest BCUT2D eigenvalue weighted by atomic mass is 35.5. The summed E-state index contributed by atoms with van der Waals surface area (Å²) >= 11 is 6.31. The second-order valence-electron chi connectivity index (χ2n) is 10.8. The van der Waals surface area contributed by atoms with Crippen LogP contribution in [0.15, 0.2) is 89.8 Å². The number of carbonyl (C=O) groups is 2. The van der Waals surface area contributed by atoms with Crippen molar-refractivity contribution in [2.24, 2.45) is 5.73 Å². The van der Waals surface area contributed by atoms with E-state index in [0.29, 0.717) is 43.9 Å². The van der Waals surface area contributed by atoms with Crippen molar-refractivity contribution in [1.82, 2.24) is 14.1 Å². The van der Waals surface area contributed by atoms with Crippen LogP contribution in [0.1, 0.15) is 36.3 Å². The van der Waals surface area contributed by atoms with Crippen LogP contribution in [0.25, 0.3) is 0 Å². The summed E-state index contributed by atoms with van der Waals surface area (Å²) in [6.45, 7) is 2.38. The van der Waals surface area contributed by atoms with Crippen LogP contribution in [0.2, 0.25) is 5.02 Å². The van der Waals surface area contributed by atoms with Crippen molar-refractivity contribution in [2.75, 3.05) is 39.8 Å². The second-order valence-corrected chi connectivity index (χ2v) is 13.3. The third-order valence-electron chi connectivity index (χ3n) is 7.81. The van der Waals surface area contributed by atoms with Gasteiger partial charge >= 0.3 is 6.09 Å². The molecule has 1 atom stereocenters. The Balaban J connectivity index is 1.37. The van der Waals surface area contributed by atoms with Gasteiger partial charge in [0, 0.05) is 37.7 Å². The van der Waals surface area contributed by atoms with E-state index in [1.54, 1.807) is 43.4 Å². The van der Waals surface area contributed by atoms with Gasteiger partial charge < -0.3 is 15.4 Å². The van der Waals surface area contributed by atoms with E-state index in [2.05, 4.69) is 4.90 Å². The SMILES string of the molecule is CN(C[C@@H](CCN1CCC(N(CC(N)=O)C(=O)OCc2ccccc2)CC1)c1cccc(Cl)c1)S(=O)(=O)c1ccccc1. The summed E-state index contributed by atoms with van der Waals surface area (Å²) in [5, 5.41) is 0.602. The average Bonchev–Trinajstić information content (AvgIpc) is 3.01. The number of sulfonamides is 1. The van der Waals surface area contributed by atoms with Crippen LogP contribution in [0.3, 0.4) is 0 Å². The predicted molar refractivity (Wildman–Crippen MR) is 167 cm³/mol. The van der Waals surface area contributed by atoms with Crippen molar-refractivity contribution in [2.45, 2.75) is 42.7 Å². The molecule has 0 unspecified atom stereocenters. The number of rotatable bonds is 13. The minimum Gasteiger partial charge on any atom is -0.445 e. The largest absolute Gasteiger partial charge is 0.445 e. The minimum absolute atomic E-state index is 0.0840. The smallest absolute Gasteiger partial charge is 0.410 e. The van der Waals surface area contributed by atoms with Crippen molar-refractivity contribution in [3.8, 4) is 0 Å². The number of hydrogen-bond donors (Lipinski definition) is 1. The van der Waals surface area contributed by atoms with E-state index in [-0.39, 0.29) is 30.0 Å². The fourth-order valence-electron chi connectivity index (χ4n) is 5.41. The van der Waals surface area contributed by atoms with E-state index < -0.39 is 22.0 Å². The number of nitrogens with two attached hydrogens (primary N) is 1. The Morgan fingerprint density at radius 3 is 2.28 bits per heavy atom. The topological polar surface area (TPSA) is 113 Å². The number of hydrogen-bond acceptors (Lipinski definition) is 6. The van der Waals surface area contributed by atoms with E-state index in [4.69, 9.17) is 22.1 Å². The van der Waals surface area contributed by atoms with Crippen LogP contribution in [-0.2, 0) is 26.2 Å². The Morgan fingerprint density at radius 2 is 1.65 bits per heavy atom. The lowest BCUT2D eigenvalue weighted by Crippen LogP contribution is -2.50. The molecule has 9 nitrogen and oxygen atoms in total. The van der Waals surface area contributed by atoms with E-state index in [0.717, 1.165) is 17.7 Å². The number of benzene rings is 3. The molecule has 1 heterocycles. The zero-order valence-electron chi connectivity index (χ0n) is 24.3. The van der Waals surface area contributed by atoms with Gasteiger partial charge in [0.25, 0.3) is 0 Å². The van der Waals surface area contributed by atoms with Crippen LogP contribution < -0.4 is 5.73 Å². The lowest BCUT2D eigenvalue weighted by atomic mass is 9.94. The molecule has 3 aromatic rings. The lowest BCUT2D eigenvalue weighted by molar-refractivity contribution is -0.119. The van der Waals surface area contributed by atoms with Crippen LogP contribution in [0.5, 0.6) is 0 Å². The predicted octanol–water partition coefficient (Wildman–Crippen LogP) is 4.72. The third-order valence-corrected chi connectivity index (χ3v) is 9.88. The molecular weight excluding hydrogens is 588 g/mol. The summed E-state index contributed by atoms with van der Waals surface area (Å²) in [5.41, 5.74) is 7.31. The molecule has 0 saturated carbocycles. The fourth-order valence-corrected chi connectivity index (χ4v) is 6.85. The number of nitrogens with zero attached hydrogens (tertiary/aromatic N) is 3. The molecule has 0 aromatic heterocycles. The van der Waals surface area contributed by atoms with Gasteiger partial charge in [0.05, 0.1) is 4.90 Å². The van der Waals surface area contributed by atoms with Gasteiger partial charge in [-0.1, -0.05) is 72.3 Å². The zero-order valence-corrected chi connectivity index (χ0v) is 25.9. The molecule has 1 aliphatic rings. The van der Waals surface area contributed by atoms with Gasteiger partial charge in [-0.25, -0.2) is 17.5 Å². The molecule has 1 aliphatic heterocycles. The molecule has 4 rings (SSSR count).